The molecule has 0 saturated carbocycles. The summed E-state index contributed by atoms with van der Waals surface area (Å²) in [5.74, 6) is 0. The van der Waals surface area contributed by atoms with Gasteiger partial charge in [0.25, 0.3) is 0 Å². The maximum atomic E-state index is 2.93. The van der Waals surface area contributed by atoms with Gasteiger partial charge in [-0.05, 0) is 0 Å². The topological polar surface area (TPSA) is 0 Å². The fourth-order valence-corrected chi connectivity index (χ4v) is 1.41. The van der Waals surface area contributed by atoms with Crippen molar-refractivity contribution in [2.24, 2.45) is 0 Å². The first-order chi connectivity index (χ1) is 10.2. The van der Waals surface area contributed by atoms with Crippen molar-refractivity contribution in [3.05, 3.63) is 108 Å². The van der Waals surface area contributed by atoms with Gasteiger partial charge in [0.15, 0.2) is 0 Å². The van der Waals surface area contributed by atoms with Crippen LogP contribution in [-0.2, 0) is 21.1 Å². The van der Waals surface area contributed by atoms with Gasteiger partial charge in [-0.3, -0.25) is 0 Å². The third-order valence-corrected chi connectivity index (χ3v) is 2.65. The molecule has 0 N–H and O–H groups in total. The van der Waals surface area contributed by atoms with Crippen LogP contribution in [-0.4, -0.2) is 0 Å². The van der Waals surface area contributed by atoms with Crippen LogP contribution in [0.5, 0.6) is 0 Å². The Morgan fingerprint density at radius 2 is 0.636 bits per heavy atom. The molecule has 0 nitrogen and oxygen atoms in total. The fourth-order valence-electron chi connectivity index (χ4n) is 1.41. The molecule has 0 aromatic heterocycles. The van der Waals surface area contributed by atoms with Crippen LogP contribution in [0, 0.1) is 39.0 Å². The van der Waals surface area contributed by atoms with Crippen LogP contribution < -0.4 is 0 Å². The van der Waals surface area contributed by atoms with Crippen molar-refractivity contribution < 1.29 is 21.1 Å². The second-order valence-corrected chi connectivity index (χ2v) is 4.73. The van der Waals surface area contributed by atoms with Crippen molar-refractivity contribution >= 4 is 0 Å². The van der Waals surface area contributed by atoms with Crippen LogP contribution in [0.1, 0.15) is 16.7 Å². The number of hydrogen-bond acceptors (Lipinski definition) is 0. The Bertz CT molecular complexity index is 485. The average Bonchev–Trinajstić information content (AvgIpc) is 2.51. The molecule has 0 heterocycles. The summed E-state index contributed by atoms with van der Waals surface area (Å²) < 4.78 is 0. The van der Waals surface area contributed by atoms with Crippen LogP contribution in [0.2, 0.25) is 0 Å². The van der Waals surface area contributed by atoms with E-state index in [4.69, 9.17) is 0 Å². The van der Waals surface area contributed by atoms with Crippen molar-refractivity contribution in [3.8, 4) is 0 Å². The molecular weight excluding hydrogens is 436 g/mol. The molecule has 0 bridgehead atoms. The smallest absolute Gasteiger partial charge is 0 e. The van der Waals surface area contributed by atoms with Crippen molar-refractivity contribution in [2.45, 2.75) is 20.8 Å². The molecule has 0 unspecified atom stereocenters. The summed E-state index contributed by atoms with van der Waals surface area (Å²) in [6.45, 7) is 6.19. The Morgan fingerprint density at radius 1 is 0.455 bits per heavy atom. The minimum atomic E-state index is 0. The SMILES string of the molecule is Cc1cc[c-]cc1.Cc1cc[c-]cc1.Cc1cc[c-]cc1.[W]. The molecule has 0 aliphatic heterocycles. The first kappa shape index (κ1) is 20.3. The summed E-state index contributed by atoms with van der Waals surface area (Å²) in [5, 5.41) is 0. The zero-order valence-electron chi connectivity index (χ0n) is 13.3. The van der Waals surface area contributed by atoms with Gasteiger partial charge in [-0.2, -0.15) is 108 Å². The summed E-state index contributed by atoms with van der Waals surface area (Å²) in [4.78, 5) is 0. The van der Waals surface area contributed by atoms with E-state index in [0.717, 1.165) is 0 Å². The van der Waals surface area contributed by atoms with Crippen LogP contribution in [0.4, 0.5) is 0 Å². The third-order valence-electron chi connectivity index (χ3n) is 2.65. The van der Waals surface area contributed by atoms with E-state index in [1.54, 1.807) is 0 Å². The minimum Gasteiger partial charge on any atom is -0.184 e. The van der Waals surface area contributed by atoms with E-state index < -0.39 is 0 Å². The average molecular weight is 457 g/mol. The monoisotopic (exact) mass is 457 g/mol. The molecule has 0 radical (unpaired) electrons. The molecule has 114 valence electrons. The largest absolute Gasteiger partial charge is 0.184 e. The van der Waals surface area contributed by atoms with Crippen molar-refractivity contribution in [3.63, 3.8) is 0 Å². The number of benzene rings is 3. The molecule has 22 heavy (non-hydrogen) atoms. The molecular formula is C21H21W-3. The van der Waals surface area contributed by atoms with E-state index >= 15 is 0 Å². The number of aryl methyl sites for hydroxylation is 3. The van der Waals surface area contributed by atoms with Gasteiger partial charge in [-0.25, -0.2) is 0 Å². The predicted molar refractivity (Wildman–Crippen MR) is 90.0 cm³/mol. The van der Waals surface area contributed by atoms with Crippen molar-refractivity contribution in [2.75, 3.05) is 0 Å². The van der Waals surface area contributed by atoms with Gasteiger partial charge in [-0.1, -0.05) is 20.8 Å². The first-order valence-corrected chi connectivity index (χ1v) is 6.96. The Labute approximate surface area is 149 Å². The van der Waals surface area contributed by atoms with Gasteiger partial charge in [0.05, 0.1) is 0 Å². The summed E-state index contributed by atoms with van der Waals surface area (Å²) >= 11 is 0. The van der Waals surface area contributed by atoms with Gasteiger partial charge in [0.1, 0.15) is 0 Å². The molecule has 0 fully saturated rings. The Morgan fingerprint density at radius 3 is 0.727 bits per heavy atom. The second-order valence-electron chi connectivity index (χ2n) is 4.73. The maximum Gasteiger partial charge on any atom is 0 e. The Balaban J connectivity index is 0.000000294. The minimum absolute atomic E-state index is 0. The molecule has 0 aliphatic carbocycles. The maximum absolute atomic E-state index is 2.93. The second kappa shape index (κ2) is 13.0. The standard InChI is InChI=1S/3C7H7.W/c3*1-7-5-3-2-4-6-7;/h3*3-6H,1H3;/q3*-1;. The first-order valence-electron chi connectivity index (χ1n) is 6.96. The number of hydrogen-bond donors (Lipinski definition) is 0. The molecule has 0 atom stereocenters. The zero-order chi connectivity index (χ0) is 15.3. The van der Waals surface area contributed by atoms with E-state index in [0.29, 0.717) is 0 Å². The van der Waals surface area contributed by atoms with Crippen molar-refractivity contribution in [1.82, 2.24) is 0 Å². The van der Waals surface area contributed by atoms with E-state index in [-0.39, 0.29) is 21.1 Å². The van der Waals surface area contributed by atoms with Gasteiger partial charge in [-0.15, -0.1) is 0 Å². The van der Waals surface area contributed by atoms with Crippen molar-refractivity contribution in [1.29, 1.82) is 0 Å². The Hall–Kier alpha value is -1.65. The molecule has 0 saturated heterocycles. The molecule has 0 amide bonds. The van der Waals surface area contributed by atoms with Crippen LogP contribution >= 0.6 is 0 Å². The van der Waals surface area contributed by atoms with E-state index in [1.165, 1.54) is 16.7 Å². The van der Waals surface area contributed by atoms with E-state index in [2.05, 4.69) is 39.0 Å². The molecule has 3 rings (SSSR count). The van der Waals surface area contributed by atoms with E-state index in [9.17, 15) is 0 Å². The quantitative estimate of drug-likeness (QED) is 0.398. The van der Waals surface area contributed by atoms with Gasteiger partial charge in [0, 0.05) is 21.1 Å². The third kappa shape index (κ3) is 11.1. The number of rotatable bonds is 0. The predicted octanol–water partition coefficient (Wildman–Crippen LogP) is 5.38. The molecule has 0 spiro atoms. The van der Waals surface area contributed by atoms with Crippen LogP contribution in [0.3, 0.4) is 0 Å². The van der Waals surface area contributed by atoms with Gasteiger partial charge in [0.2, 0.25) is 0 Å². The Kier molecular flexibility index (Phi) is 12.1. The van der Waals surface area contributed by atoms with Crippen LogP contribution in [0.25, 0.3) is 0 Å². The van der Waals surface area contributed by atoms with Gasteiger partial charge < -0.3 is 0 Å². The summed E-state index contributed by atoms with van der Waals surface area (Å²) in [6, 6.07) is 32.4. The summed E-state index contributed by atoms with van der Waals surface area (Å²) in [6.07, 6.45) is 0. The zero-order valence-corrected chi connectivity index (χ0v) is 16.3. The fraction of sp³-hybridized carbons (Fsp3) is 0.143. The van der Waals surface area contributed by atoms with E-state index in [1.807, 2.05) is 72.8 Å². The summed E-state index contributed by atoms with van der Waals surface area (Å²) in [7, 11) is 0. The summed E-state index contributed by atoms with van der Waals surface area (Å²) in [5.41, 5.74) is 3.87. The molecule has 1 heteroatoms. The molecule has 3 aromatic rings. The van der Waals surface area contributed by atoms with Crippen LogP contribution in [0.15, 0.2) is 72.8 Å². The molecule has 0 aliphatic rings. The normalized spacial score (nSPS) is 8.32. The van der Waals surface area contributed by atoms with Gasteiger partial charge >= 0.3 is 0 Å². The molecule has 3 aromatic carbocycles.